The molecule has 0 aliphatic heterocycles. The van der Waals surface area contributed by atoms with E-state index in [0.29, 0.717) is 5.52 Å². The summed E-state index contributed by atoms with van der Waals surface area (Å²) in [6.45, 7) is 0. The highest BCUT2D eigenvalue weighted by Crippen LogP contribution is 2.26. The first-order valence-corrected chi connectivity index (χ1v) is 8.24. The van der Waals surface area contributed by atoms with Crippen molar-refractivity contribution in [3.8, 4) is 0 Å². The van der Waals surface area contributed by atoms with Gasteiger partial charge >= 0.3 is 0 Å². The maximum Gasteiger partial charge on any atom is 0.251 e. The minimum Gasteiger partial charge on any atom is -0.322 e. The van der Waals surface area contributed by atoms with Gasteiger partial charge in [0.1, 0.15) is 0 Å². The lowest BCUT2D eigenvalue weighted by molar-refractivity contribution is 0.602. The average Bonchev–Trinajstić information content (AvgIpc) is 2.37. The number of H-pyrrole nitrogens is 1. The molecule has 4 nitrogen and oxygen atoms in total. The third kappa shape index (κ3) is 2.08. The average molecular weight is 277 g/mol. The van der Waals surface area contributed by atoms with Gasteiger partial charge in [-0.2, -0.15) is 0 Å². The highest BCUT2D eigenvalue weighted by molar-refractivity contribution is 7.90. The fourth-order valence-electron chi connectivity index (χ4n) is 2.77. The molecule has 0 radical (unpaired) electrons. The summed E-state index contributed by atoms with van der Waals surface area (Å²) in [4.78, 5) is 15.1. The summed E-state index contributed by atoms with van der Waals surface area (Å²) in [5.41, 5.74) is 2.50. The van der Waals surface area contributed by atoms with Gasteiger partial charge in [0, 0.05) is 22.7 Å². The quantitative estimate of drug-likeness (QED) is 0.864. The van der Waals surface area contributed by atoms with Crippen LogP contribution in [0.4, 0.5) is 0 Å². The number of fused-ring (bicyclic) bond motifs is 3. The highest BCUT2D eigenvalue weighted by atomic mass is 32.2. The van der Waals surface area contributed by atoms with E-state index in [2.05, 4.69) is 4.98 Å². The maximum atomic E-state index is 12.0. The van der Waals surface area contributed by atoms with Crippen LogP contribution in [0.15, 0.2) is 27.9 Å². The number of nitrogens with one attached hydrogen (secondary N) is 1. The molecule has 1 aliphatic rings. The number of hydrogen-bond acceptors (Lipinski definition) is 3. The predicted octanol–water partition coefficient (Wildman–Crippen LogP) is 1.81. The van der Waals surface area contributed by atoms with Crippen molar-refractivity contribution in [3.05, 3.63) is 39.7 Å². The van der Waals surface area contributed by atoms with Crippen molar-refractivity contribution in [2.24, 2.45) is 0 Å². The van der Waals surface area contributed by atoms with Crippen LogP contribution in [0, 0.1) is 0 Å². The summed E-state index contributed by atoms with van der Waals surface area (Å²) >= 11 is 0. The zero-order valence-corrected chi connectivity index (χ0v) is 11.5. The van der Waals surface area contributed by atoms with Crippen molar-refractivity contribution in [2.45, 2.75) is 30.6 Å². The Kier molecular flexibility index (Phi) is 2.74. The smallest absolute Gasteiger partial charge is 0.251 e. The summed E-state index contributed by atoms with van der Waals surface area (Å²) < 4.78 is 23.1. The number of pyridine rings is 1. The largest absolute Gasteiger partial charge is 0.322 e. The SMILES string of the molecule is CS(=O)(=O)c1ccc2c3c(c(=O)[nH]c2c1)CCCC3. The Morgan fingerprint density at radius 2 is 1.79 bits per heavy atom. The zero-order chi connectivity index (χ0) is 13.6. The van der Waals surface area contributed by atoms with Crippen LogP contribution in [-0.2, 0) is 22.7 Å². The molecule has 0 bridgehead atoms. The molecular weight excluding hydrogens is 262 g/mol. The van der Waals surface area contributed by atoms with E-state index < -0.39 is 9.84 Å². The Hall–Kier alpha value is -1.62. The standard InChI is InChI=1S/C14H15NO3S/c1-19(17,18)9-6-7-11-10-4-2-3-5-12(10)14(16)15-13(11)8-9/h6-8H,2-5H2,1H3,(H,15,16). The number of aryl methyl sites for hydroxylation is 1. The Morgan fingerprint density at radius 1 is 1.11 bits per heavy atom. The van der Waals surface area contributed by atoms with Crippen molar-refractivity contribution in [3.63, 3.8) is 0 Å². The first-order chi connectivity index (χ1) is 8.97. The van der Waals surface area contributed by atoms with Crippen LogP contribution in [0.1, 0.15) is 24.0 Å². The number of aromatic nitrogens is 1. The molecule has 3 rings (SSSR count). The van der Waals surface area contributed by atoms with Crippen LogP contribution in [0.25, 0.3) is 10.9 Å². The highest BCUT2D eigenvalue weighted by Gasteiger charge is 2.17. The van der Waals surface area contributed by atoms with Gasteiger partial charge in [-0.3, -0.25) is 4.79 Å². The minimum atomic E-state index is -3.25. The lowest BCUT2D eigenvalue weighted by Crippen LogP contribution is -2.19. The number of sulfone groups is 1. The van der Waals surface area contributed by atoms with Gasteiger partial charge in [-0.15, -0.1) is 0 Å². The molecule has 100 valence electrons. The van der Waals surface area contributed by atoms with E-state index in [1.165, 1.54) is 6.26 Å². The second-order valence-corrected chi connectivity index (χ2v) is 7.11. The first kappa shape index (κ1) is 12.4. The molecule has 0 fully saturated rings. The number of aromatic amines is 1. The van der Waals surface area contributed by atoms with Gasteiger partial charge < -0.3 is 4.98 Å². The fourth-order valence-corrected chi connectivity index (χ4v) is 3.42. The topological polar surface area (TPSA) is 67.0 Å². The van der Waals surface area contributed by atoms with E-state index in [4.69, 9.17) is 0 Å². The lowest BCUT2D eigenvalue weighted by Gasteiger charge is -2.17. The van der Waals surface area contributed by atoms with E-state index in [-0.39, 0.29) is 10.5 Å². The van der Waals surface area contributed by atoms with E-state index >= 15 is 0 Å². The van der Waals surface area contributed by atoms with Crippen molar-refractivity contribution >= 4 is 20.7 Å². The number of rotatable bonds is 1. The van der Waals surface area contributed by atoms with Crippen LogP contribution in [-0.4, -0.2) is 19.7 Å². The van der Waals surface area contributed by atoms with Crippen LogP contribution in [0.3, 0.4) is 0 Å². The molecule has 19 heavy (non-hydrogen) atoms. The van der Waals surface area contributed by atoms with Gasteiger partial charge in [0.25, 0.3) is 5.56 Å². The molecule has 1 heterocycles. The second kappa shape index (κ2) is 4.20. The zero-order valence-electron chi connectivity index (χ0n) is 10.7. The van der Waals surface area contributed by atoms with Crippen LogP contribution in [0.5, 0.6) is 0 Å². The van der Waals surface area contributed by atoms with Gasteiger partial charge in [0.2, 0.25) is 0 Å². The Bertz CT molecular complexity index is 818. The predicted molar refractivity (Wildman–Crippen MR) is 74.3 cm³/mol. The summed E-state index contributed by atoms with van der Waals surface area (Å²) in [7, 11) is -3.25. The van der Waals surface area contributed by atoms with Gasteiger partial charge in [-0.05, 0) is 43.4 Å². The molecule has 0 spiro atoms. The molecule has 1 aromatic carbocycles. The van der Waals surface area contributed by atoms with Gasteiger partial charge in [-0.25, -0.2) is 8.42 Å². The van der Waals surface area contributed by atoms with E-state index in [0.717, 1.165) is 42.2 Å². The third-order valence-electron chi connectivity index (χ3n) is 3.73. The summed E-state index contributed by atoms with van der Waals surface area (Å²) in [5.74, 6) is 0. The molecule has 1 aliphatic carbocycles. The van der Waals surface area contributed by atoms with Crippen molar-refractivity contribution in [1.29, 1.82) is 0 Å². The van der Waals surface area contributed by atoms with E-state index in [1.807, 2.05) is 6.07 Å². The summed E-state index contributed by atoms with van der Waals surface area (Å²) in [5, 5.41) is 0.974. The molecule has 0 atom stereocenters. The first-order valence-electron chi connectivity index (χ1n) is 6.34. The molecule has 0 amide bonds. The van der Waals surface area contributed by atoms with Gasteiger partial charge in [0.15, 0.2) is 9.84 Å². The van der Waals surface area contributed by atoms with Crippen LogP contribution < -0.4 is 5.56 Å². The Balaban J connectivity index is 2.35. The fraction of sp³-hybridized carbons (Fsp3) is 0.357. The molecule has 1 N–H and O–H groups in total. The molecular formula is C14H15NO3S. The Morgan fingerprint density at radius 3 is 2.47 bits per heavy atom. The summed E-state index contributed by atoms with van der Waals surface area (Å²) in [6, 6.07) is 4.98. The molecule has 0 saturated carbocycles. The molecule has 1 aromatic heterocycles. The van der Waals surface area contributed by atoms with Gasteiger partial charge in [0.05, 0.1) is 4.90 Å². The summed E-state index contributed by atoms with van der Waals surface area (Å²) in [6.07, 6.45) is 5.01. The van der Waals surface area contributed by atoms with Gasteiger partial charge in [-0.1, -0.05) is 6.07 Å². The monoisotopic (exact) mass is 277 g/mol. The van der Waals surface area contributed by atoms with Crippen LogP contribution in [0.2, 0.25) is 0 Å². The number of hydrogen-bond donors (Lipinski definition) is 1. The second-order valence-electron chi connectivity index (χ2n) is 5.10. The van der Waals surface area contributed by atoms with E-state index in [1.54, 1.807) is 12.1 Å². The normalized spacial score (nSPS) is 15.4. The maximum absolute atomic E-state index is 12.0. The minimum absolute atomic E-state index is 0.0761. The van der Waals surface area contributed by atoms with Crippen molar-refractivity contribution in [1.82, 2.24) is 4.98 Å². The molecule has 0 saturated heterocycles. The lowest BCUT2D eigenvalue weighted by atomic mass is 9.90. The van der Waals surface area contributed by atoms with E-state index in [9.17, 15) is 13.2 Å². The molecule has 5 heteroatoms. The molecule has 0 unspecified atom stereocenters. The van der Waals surface area contributed by atoms with Crippen LogP contribution >= 0.6 is 0 Å². The molecule has 2 aromatic rings. The number of benzene rings is 1. The Labute approximate surface area is 111 Å². The van der Waals surface area contributed by atoms with Crippen molar-refractivity contribution < 1.29 is 8.42 Å². The third-order valence-corrected chi connectivity index (χ3v) is 4.84. The van der Waals surface area contributed by atoms with Crippen molar-refractivity contribution in [2.75, 3.05) is 6.26 Å².